The van der Waals surface area contributed by atoms with Gasteiger partial charge in [-0.3, -0.25) is 14.9 Å². The van der Waals surface area contributed by atoms with Crippen LogP contribution in [-0.4, -0.2) is 48.0 Å². The van der Waals surface area contributed by atoms with Gasteiger partial charge in [-0.1, -0.05) is 30.3 Å². The number of benzene rings is 1. The monoisotopic (exact) mass is 360 g/mol. The van der Waals surface area contributed by atoms with Crippen LogP contribution in [0.1, 0.15) is 22.2 Å². The van der Waals surface area contributed by atoms with Gasteiger partial charge in [0.2, 0.25) is 11.9 Å². The maximum absolute atomic E-state index is 12.8. The summed E-state index contributed by atoms with van der Waals surface area (Å²) in [7, 11) is 0. The minimum Gasteiger partial charge on any atom is -0.441 e. The highest BCUT2D eigenvalue weighted by molar-refractivity contribution is 5.91. The molecule has 9 nitrogen and oxygen atoms in total. The van der Waals surface area contributed by atoms with E-state index in [1.165, 1.54) is 0 Å². The van der Waals surface area contributed by atoms with Crippen molar-refractivity contribution in [2.45, 2.75) is 6.10 Å². The second-order valence-electron chi connectivity index (χ2n) is 5.53. The molecule has 2 aromatic rings. The summed E-state index contributed by atoms with van der Waals surface area (Å²) in [6, 6.07) is 10.7. The van der Waals surface area contributed by atoms with Gasteiger partial charge in [-0.05, 0) is 6.07 Å². The van der Waals surface area contributed by atoms with Crippen molar-refractivity contribution < 1.29 is 28.4 Å². The lowest BCUT2D eigenvalue weighted by molar-refractivity contribution is -0.402. The molecule has 2 heterocycles. The summed E-state index contributed by atoms with van der Waals surface area (Å²) in [5, 5.41) is 10.7. The number of amides is 1. The Balaban J connectivity index is 1.82. The van der Waals surface area contributed by atoms with Crippen molar-refractivity contribution in [2.75, 3.05) is 26.3 Å². The number of carbonyl (C=O) groups excluding carboxylic acids is 2. The molecule has 0 N–H and O–H groups in total. The van der Waals surface area contributed by atoms with E-state index in [-0.39, 0.29) is 11.7 Å². The van der Waals surface area contributed by atoms with Gasteiger partial charge in [0.05, 0.1) is 19.3 Å². The molecule has 1 amide bonds. The first-order valence-electron chi connectivity index (χ1n) is 7.93. The lowest BCUT2D eigenvalue weighted by Gasteiger charge is -2.30. The number of hydrogen-bond acceptors (Lipinski definition) is 7. The molecule has 1 aromatic carbocycles. The van der Waals surface area contributed by atoms with Gasteiger partial charge in [0.15, 0.2) is 0 Å². The van der Waals surface area contributed by atoms with E-state index in [1.54, 1.807) is 35.2 Å². The summed E-state index contributed by atoms with van der Waals surface area (Å²) in [4.78, 5) is 36.6. The lowest BCUT2D eigenvalue weighted by Crippen LogP contribution is -2.44. The maximum atomic E-state index is 12.8. The summed E-state index contributed by atoms with van der Waals surface area (Å²) in [5.41, 5.74) is 0.499. The van der Waals surface area contributed by atoms with Crippen LogP contribution in [0, 0.1) is 10.1 Å². The molecule has 0 aliphatic carbocycles. The second-order valence-corrected chi connectivity index (χ2v) is 5.53. The van der Waals surface area contributed by atoms with E-state index in [1.807, 2.05) is 0 Å². The van der Waals surface area contributed by atoms with E-state index in [0.29, 0.717) is 31.9 Å². The van der Waals surface area contributed by atoms with Crippen LogP contribution in [0.5, 0.6) is 0 Å². The van der Waals surface area contributed by atoms with Crippen molar-refractivity contribution in [3.8, 4) is 0 Å². The SMILES string of the molecule is O=C(OC(C(=O)N1CCOCC1)c1ccccc1)c1ccc([N+](=O)[O-])o1. The normalized spacial score (nSPS) is 15.3. The molecule has 9 heteroatoms. The molecule has 0 saturated carbocycles. The zero-order valence-electron chi connectivity index (χ0n) is 13.7. The van der Waals surface area contributed by atoms with Gasteiger partial charge in [-0.2, -0.15) is 0 Å². The van der Waals surface area contributed by atoms with Crippen LogP contribution in [-0.2, 0) is 14.3 Å². The average Bonchev–Trinajstić information content (AvgIpc) is 3.17. The fourth-order valence-corrected chi connectivity index (χ4v) is 2.54. The van der Waals surface area contributed by atoms with Crippen LogP contribution in [0.2, 0.25) is 0 Å². The number of nitro groups is 1. The Morgan fingerprint density at radius 1 is 1.12 bits per heavy atom. The highest BCUT2D eigenvalue weighted by atomic mass is 16.7. The first-order chi connectivity index (χ1) is 12.6. The highest BCUT2D eigenvalue weighted by Crippen LogP contribution is 2.24. The molecule has 1 atom stereocenters. The van der Waals surface area contributed by atoms with Gasteiger partial charge < -0.3 is 18.8 Å². The predicted molar refractivity (Wildman–Crippen MR) is 87.4 cm³/mol. The van der Waals surface area contributed by atoms with E-state index in [4.69, 9.17) is 13.9 Å². The van der Waals surface area contributed by atoms with Gasteiger partial charge in [-0.25, -0.2) is 4.79 Å². The van der Waals surface area contributed by atoms with Crippen LogP contribution in [0.4, 0.5) is 5.88 Å². The molecule has 136 valence electrons. The zero-order valence-corrected chi connectivity index (χ0v) is 13.7. The summed E-state index contributed by atoms with van der Waals surface area (Å²) >= 11 is 0. The Morgan fingerprint density at radius 3 is 2.42 bits per heavy atom. The van der Waals surface area contributed by atoms with Crippen molar-refractivity contribution in [1.82, 2.24) is 4.90 Å². The fourth-order valence-electron chi connectivity index (χ4n) is 2.54. The van der Waals surface area contributed by atoms with Gasteiger partial charge in [-0.15, -0.1) is 0 Å². The molecule has 1 saturated heterocycles. The zero-order chi connectivity index (χ0) is 18.5. The summed E-state index contributed by atoms with van der Waals surface area (Å²) in [6.07, 6.45) is -1.18. The summed E-state index contributed by atoms with van der Waals surface area (Å²) in [5.74, 6) is -2.25. The number of nitrogens with zero attached hydrogens (tertiary/aromatic N) is 2. The van der Waals surface area contributed by atoms with E-state index in [0.717, 1.165) is 12.1 Å². The standard InChI is InChI=1S/C17H16N2O7/c20-16(18-8-10-24-11-9-18)15(12-4-2-1-3-5-12)26-17(21)13-6-7-14(25-13)19(22)23/h1-7,15H,8-11H2. The fraction of sp³-hybridized carbons (Fsp3) is 0.294. The molecule has 1 fully saturated rings. The Morgan fingerprint density at radius 2 is 1.81 bits per heavy atom. The van der Waals surface area contributed by atoms with Crippen LogP contribution in [0.25, 0.3) is 0 Å². The number of morpholine rings is 1. The number of esters is 1. The third kappa shape index (κ3) is 3.89. The Kier molecular flexibility index (Phi) is 5.28. The number of carbonyl (C=O) groups is 2. The molecule has 0 bridgehead atoms. The Hall–Kier alpha value is -3.20. The summed E-state index contributed by atoms with van der Waals surface area (Å²) < 4.78 is 15.4. The number of hydrogen-bond donors (Lipinski definition) is 0. The van der Waals surface area contributed by atoms with Crippen molar-refractivity contribution in [3.05, 3.63) is 63.9 Å². The minimum absolute atomic E-state index is 0.340. The molecule has 0 radical (unpaired) electrons. The number of furan rings is 1. The largest absolute Gasteiger partial charge is 0.441 e. The van der Waals surface area contributed by atoms with E-state index in [9.17, 15) is 19.7 Å². The second kappa shape index (κ2) is 7.79. The van der Waals surface area contributed by atoms with E-state index in [2.05, 4.69) is 0 Å². The van der Waals surface area contributed by atoms with Gasteiger partial charge in [0.25, 0.3) is 5.91 Å². The van der Waals surface area contributed by atoms with E-state index < -0.39 is 22.9 Å². The molecule has 1 aromatic heterocycles. The quantitative estimate of drug-likeness (QED) is 0.455. The Bertz CT molecular complexity index is 796. The lowest BCUT2D eigenvalue weighted by atomic mass is 10.1. The molecule has 1 aliphatic rings. The third-order valence-electron chi connectivity index (χ3n) is 3.85. The van der Waals surface area contributed by atoms with E-state index >= 15 is 0 Å². The molecular formula is C17H16N2O7. The number of rotatable bonds is 5. The highest BCUT2D eigenvalue weighted by Gasteiger charge is 2.32. The van der Waals surface area contributed by atoms with Crippen molar-refractivity contribution in [1.29, 1.82) is 0 Å². The van der Waals surface area contributed by atoms with Crippen molar-refractivity contribution >= 4 is 17.8 Å². The molecule has 0 spiro atoms. The maximum Gasteiger partial charge on any atom is 0.433 e. The van der Waals surface area contributed by atoms with Gasteiger partial charge >= 0.3 is 11.9 Å². The first-order valence-corrected chi connectivity index (χ1v) is 7.93. The van der Waals surface area contributed by atoms with Gasteiger partial charge in [0, 0.05) is 18.7 Å². The Labute approximate surface area is 148 Å². The molecule has 1 unspecified atom stereocenters. The molecule has 3 rings (SSSR count). The minimum atomic E-state index is -1.18. The predicted octanol–water partition coefficient (Wildman–Crippen LogP) is 1.94. The summed E-state index contributed by atoms with van der Waals surface area (Å²) in [6.45, 7) is 1.61. The topological polar surface area (TPSA) is 112 Å². The molecule has 26 heavy (non-hydrogen) atoms. The van der Waals surface area contributed by atoms with Gasteiger partial charge in [0.1, 0.15) is 4.92 Å². The van der Waals surface area contributed by atoms with Crippen LogP contribution >= 0.6 is 0 Å². The van der Waals surface area contributed by atoms with Crippen molar-refractivity contribution in [2.24, 2.45) is 0 Å². The average molecular weight is 360 g/mol. The molecular weight excluding hydrogens is 344 g/mol. The van der Waals surface area contributed by atoms with Crippen LogP contribution < -0.4 is 0 Å². The van der Waals surface area contributed by atoms with Crippen LogP contribution in [0.3, 0.4) is 0 Å². The molecule has 1 aliphatic heterocycles. The van der Waals surface area contributed by atoms with Crippen molar-refractivity contribution in [3.63, 3.8) is 0 Å². The number of ether oxygens (including phenoxy) is 2. The third-order valence-corrected chi connectivity index (χ3v) is 3.85. The van der Waals surface area contributed by atoms with Crippen LogP contribution in [0.15, 0.2) is 46.9 Å². The smallest absolute Gasteiger partial charge is 0.433 e. The first kappa shape index (κ1) is 17.6.